The van der Waals surface area contributed by atoms with Crippen LogP contribution in [0, 0.1) is 0 Å². The predicted molar refractivity (Wildman–Crippen MR) is 35.9 cm³/mol. The second kappa shape index (κ2) is 3.25. The molecule has 0 aliphatic carbocycles. The fourth-order valence-electron chi connectivity index (χ4n) is 0.380. The summed E-state index contributed by atoms with van der Waals surface area (Å²) in [4.78, 5) is 10.4. The van der Waals surface area contributed by atoms with Crippen molar-refractivity contribution in [3.05, 3.63) is 0 Å². The highest BCUT2D eigenvalue weighted by molar-refractivity contribution is 8.76. The van der Waals surface area contributed by atoms with Gasteiger partial charge < -0.3 is 4.74 Å². The minimum absolute atomic E-state index is 0.0833. The highest BCUT2D eigenvalue weighted by atomic mass is 33.1. The summed E-state index contributed by atoms with van der Waals surface area (Å²) in [5.41, 5.74) is 0. The molecular weight excluding hydrogens is 144 g/mol. The zero-order chi connectivity index (χ0) is 5.82. The van der Waals surface area contributed by atoms with Gasteiger partial charge in [0.05, 0.1) is 0 Å². The summed E-state index contributed by atoms with van der Waals surface area (Å²) in [7, 11) is 3.26. The standard InChI is InChI=1S/C4H6O2S2/c5-4-3-8-7-2-1-6-4/h1-3H2. The molecule has 0 aromatic heterocycles. The van der Waals surface area contributed by atoms with Crippen LogP contribution in [0.5, 0.6) is 0 Å². The fraction of sp³-hybridized carbons (Fsp3) is 0.750. The van der Waals surface area contributed by atoms with Gasteiger partial charge in [-0.3, -0.25) is 4.79 Å². The van der Waals surface area contributed by atoms with Crippen LogP contribution in [0.15, 0.2) is 0 Å². The fourth-order valence-corrected chi connectivity index (χ4v) is 2.01. The summed E-state index contributed by atoms with van der Waals surface area (Å²) in [6, 6.07) is 0. The van der Waals surface area contributed by atoms with Gasteiger partial charge >= 0.3 is 5.97 Å². The van der Waals surface area contributed by atoms with Crippen molar-refractivity contribution in [1.82, 2.24) is 0 Å². The van der Waals surface area contributed by atoms with E-state index in [2.05, 4.69) is 0 Å². The van der Waals surface area contributed by atoms with Crippen LogP contribution in [0.4, 0.5) is 0 Å². The first-order chi connectivity index (χ1) is 3.89. The SMILES string of the molecule is O=C1CSSCCO1. The summed E-state index contributed by atoms with van der Waals surface area (Å²) >= 11 is 0. The third-order valence-corrected chi connectivity index (χ3v) is 2.90. The molecule has 0 radical (unpaired) electrons. The molecule has 1 rings (SSSR count). The van der Waals surface area contributed by atoms with Gasteiger partial charge in [0.1, 0.15) is 12.4 Å². The molecule has 1 heterocycles. The number of carbonyl (C=O) groups is 1. The first-order valence-corrected chi connectivity index (χ1v) is 4.78. The van der Waals surface area contributed by atoms with E-state index >= 15 is 0 Å². The molecule has 0 aromatic carbocycles. The van der Waals surface area contributed by atoms with Crippen LogP contribution in [0.3, 0.4) is 0 Å². The molecule has 0 atom stereocenters. The first kappa shape index (κ1) is 6.29. The van der Waals surface area contributed by atoms with Crippen LogP contribution in [0.1, 0.15) is 0 Å². The van der Waals surface area contributed by atoms with E-state index in [0.29, 0.717) is 12.4 Å². The average Bonchev–Trinajstić information content (AvgIpc) is 1.94. The molecule has 0 saturated carbocycles. The van der Waals surface area contributed by atoms with Gasteiger partial charge in [-0.05, 0) is 0 Å². The molecule has 2 nitrogen and oxygen atoms in total. The second-order valence-corrected chi connectivity index (χ2v) is 3.89. The van der Waals surface area contributed by atoms with Crippen molar-refractivity contribution in [3.63, 3.8) is 0 Å². The van der Waals surface area contributed by atoms with Crippen LogP contribution in [0.2, 0.25) is 0 Å². The van der Waals surface area contributed by atoms with Gasteiger partial charge in [-0.1, -0.05) is 21.6 Å². The molecule has 46 valence electrons. The maximum atomic E-state index is 10.4. The van der Waals surface area contributed by atoms with Gasteiger partial charge in [-0.2, -0.15) is 0 Å². The highest BCUT2D eigenvalue weighted by Crippen LogP contribution is 2.22. The lowest BCUT2D eigenvalue weighted by molar-refractivity contribution is -0.139. The number of cyclic esters (lactones) is 1. The van der Waals surface area contributed by atoms with Crippen LogP contribution < -0.4 is 0 Å². The normalized spacial score (nSPS) is 21.8. The molecular formula is C4H6O2S2. The summed E-state index contributed by atoms with van der Waals surface area (Å²) < 4.78 is 4.72. The van der Waals surface area contributed by atoms with Gasteiger partial charge in [-0.15, -0.1) is 0 Å². The van der Waals surface area contributed by atoms with Crippen molar-refractivity contribution in [2.75, 3.05) is 18.1 Å². The highest BCUT2D eigenvalue weighted by Gasteiger charge is 2.06. The third kappa shape index (κ3) is 1.96. The monoisotopic (exact) mass is 150 g/mol. The number of hydrogen-bond acceptors (Lipinski definition) is 4. The lowest BCUT2D eigenvalue weighted by Crippen LogP contribution is -2.05. The maximum absolute atomic E-state index is 10.4. The van der Waals surface area contributed by atoms with E-state index in [-0.39, 0.29) is 5.97 Å². The molecule has 0 unspecified atom stereocenters. The molecule has 4 heteroatoms. The van der Waals surface area contributed by atoms with E-state index in [1.54, 1.807) is 21.6 Å². The van der Waals surface area contributed by atoms with Crippen molar-refractivity contribution in [2.24, 2.45) is 0 Å². The van der Waals surface area contributed by atoms with Crippen molar-refractivity contribution in [1.29, 1.82) is 0 Å². The van der Waals surface area contributed by atoms with Crippen molar-refractivity contribution >= 4 is 27.6 Å². The predicted octanol–water partition coefficient (Wildman–Crippen LogP) is 0.925. The maximum Gasteiger partial charge on any atom is 0.316 e. The Hall–Kier alpha value is 0.170. The number of hydrogen-bond donors (Lipinski definition) is 0. The first-order valence-electron chi connectivity index (χ1n) is 2.29. The lowest BCUT2D eigenvalue weighted by atomic mass is 10.8. The van der Waals surface area contributed by atoms with Gasteiger partial charge in [0.25, 0.3) is 0 Å². The second-order valence-electron chi connectivity index (χ2n) is 1.30. The van der Waals surface area contributed by atoms with Gasteiger partial charge in [-0.25, -0.2) is 0 Å². The molecule has 1 saturated heterocycles. The Kier molecular flexibility index (Phi) is 2.55. The van der Waals surface area contributed by atoms with Crippen molar-refractivity contribution in [3.8, 4) is 0 Å². The van der Waals surface area contributed by atoms with E-state index in [1.807, 2.05) is 0 Å². The van der Waals surface area contributed by atoms with Gasteiger partial charge in [0.15, 0.2) is 0 Å². The largest absolute Gasteiger partial charge is 0.464 e. The summed E-state index contributed by atoms with van der Waals surface area (Å²) in [6.45, 7) is 0.580. The quantitative estimate of drug-likeness (QED) is 0.379. The van der Waals surface area contributed by atoms with Gasteiger partial charge in [0, 0.05) is 5.75 Å². The molecule has 1 aliphatic heterocycles. The van der Waals surface area contributed by atoms with Crippen molar-refractivity contribution < 1.29 is 9.53 Å². The smallest absolute Gasteiger partial charge is 0.316 e. The lowest BCUT2D eigenvalue weighted by Gasteiger charge is -1.92. The summed E-state index contributed by atoms with van der Waals surface area (Å²) in [6.07, 6.45) is 0. The van der Waals surface area contributed by atoms with Crippen LogP contribution >= 0.6 is 21.6 Å². The number of ether oxygens (including phenoxy) is 1. The van der Waals surface area contributed by atoms with E-state index in [1.165, 1.54) is 0 Å². The third-order valence-electron chi connectivity index (χ3n) is 0.690. The summed E-state index contributed by atoms with van der Waals surface area (Å²) in [5, 5.41) is 0. The van der Waals surface area contributed by atoms with Crippen LogP contribution in [-0.2, 0) is 9.53 Å². The number of carbonyl (C=O) groups excluding carboxylic acids is 1. The Morgan fingerprint density at radius 1 is 1.50 bits per heavy atom. The molecule has 0 aromatic rings. The van der Waals surface area contributed by atoms with Crippen molar-refractivity contribution in [2.45, 2.75) is 0 Å². The Bertz CT molecular complexity index is 84.0. The number of rotatable bonds is 0. The summed E-state index contributed by atoms with van der Waals surface area (Å²) in [5.74, 6) is 1.35. The molecule has 8 heavy (non-hydrogen) atoms. The molecule has 0 amide bonds. The van der Waals surface area contributed by atoms with Crippen LogP contribution in [0.25, 0.3) is 0 Å². The van der Waals surface area contributed by atoms with Gasteiger partial charge in [0.2, 0.25) is 0 Å². The zero-order valence-electron chi connectivity index (χ0n) is 4.25. The molecule has 1 aliphatic rings. The Morgan fingerprint density at radius 3 is 3.25 bits per heavy atom. The zero-order valence-corrected chi connectivity index (χ0v) is 5.89. The minimum atomic E-state index is -0.0833. The molecule has 0 spiro atoms. The Labute approximate surface area is 55.7 Å². The molecule has 0 N–H and O–H groups in total. The Morgan fingerprint density at radius 2 is 2.38 bits per heavy atom. The minimum Gasteiger partial charge on any atom is -0.464 e. The average molecular weight is 150 g/mol. The van der Waals surface area contributed by atoms with Crippen LogP contribution in [-0.4, -0.2) is 24.1 Å². The number of esters is 1. The van der Waals surface area contributed by atoms with E-state index in [0.717, 1.165) is 5.75 Å². The van der Waals surface area contributed by atoms with E-state index in [4.69, 9.17) is 4.74 Å². The topological polar surface area (TPSA) is 26.3 Å². The van der Waals surface area contributed by atoms with E-state index < -0.39 is 0 Å². The molecule has 1 fully saturated rings. The van der Waals surface area contributed by atoms with E-state index in [9.17, 15) is 4.79 Å². The Balaban J connectivity index is 2.27. The molecule has 0 bridgehead atoms.